The summed E-state index contributed by atoms with van der Waals surface area (Å²) in [5.41, 5.74) is 2.22. The standard InChI is InChI=1S/C14H21N3O/c1-11-4-5-13(16-9-11)10-15-8-2-3-14(18)17-12-6-7-12/h4-5,9,12,15H,2-3,6-8,10H2,1H3,(H,17,18). The van der Waals surface area contributed by atoms with E-state index in [1.165, 1.54) is 5.56 Å². The summed E-state index contributed by atoms with van der Waals surface area (Å²) >= 11 is 0. The Bertz CT molecular complexity index is 385. The third-order valence-corrected chi connectivity index (χ3v) is 2.98. The molecule has 1 aliphatic carbocycles. The molecule has 1 amide bonds. The molecule has 0 atom stereocenters. The molecule has 4 heteroatoms. The quantitative estimate of drug-likeness (QED) is 0.719. The van der Waals surface area contributed by atoms with Crippen LogP contribution in [0.3, 0.4) is 0 Å². The zero-order valence-electron chi connectivity index (χ0n) is 10.9. The van der Waals surface area contributed by atoms with Gasteiger partial charge in [0.25, 0.3) is 0 Å². The Labute approximate surface area is 108 Å². The lowest BCUT2D eigenvalue weighted by atomic mass is 10.2. The molecule has 2 rings (SSSR count). The summed E-state index contributed by atoms with van der Waals surface area (Å²) < 4.78 is 0. The van der Waals surface area contributed by atoms with Crippen LogP contribution in [0.25, 0.3) is 0 Å². The fourth-order valence-electron chi connectivity index (χ4n) is 1.72. The highest BCUT2D eigenvalue weighted by Crippen LogP contribution is 2.18. The van der Waals surface area contributed by atoms with Crippen LogP contribution in [0.5, 0.6) is 0 Å². The third kappa shape index (κ3) is 4.84. The second-order valence-electron chi connectivity index (χ2n) is 4.95. The number of nitrogens with zero attached hydrogens (tertiary/aromatic N) is 1. The van der Waals surface area contributed by atoms with Crippen molar-refractivity contribution in [3.63, 3.8) is 0 Å². The summed E-state index contributed by atoms with van der Waals surface area (Å²) in [6.07, 6.45) is 5.68. The van der Waals surface area contributed by atoms with Gasteiger partial charge in [-0.1, -0.05) is 6.07 Å². The number of hydrogen-bond donors (Lipinski definition) is 2. The highest BCUT2D eigenvalue weighted by molar-refractivity contribution is 5.76. The number of carbonyl (C=O) groups excluding carboxylic acids is 1. The van der Waals surface area contributed by atoms with Crippen molar-refractivity contribution >= 4 is 5.91 Å². The Kier molecular flexibility index (Phi) is 4.70. The second-order valence-corrected chi connectivity index (χ2v) is 4.95. The molecular formula is C14H21N3O. The van der Waals surface area contributed by atoms with Crippen LogP contribution in [0.1, 0.15) is 36.9 Å². The number of rotatable bonds is 7. The molecule has 1 aliphatic rings. The summed E-state index contributed by atoms with van der Waals surface area (Å²) in [5.74, 6) is 0.188. The summed E-state index contributed by atoms with van der Waals surface area (Å²) in [4.78, 5) is 15.7. The zero-order chi connectivity index (χ0) is 12.8. The highest BCUT2D eigenvalue weighted by Gasteiger charge is 2.22. The van der Waals surface area contributed by atoms with Crippen LogP contribution in [0.15, 0.2) is 18.3 Å². The van der Waals surface area contributed by atoms with E-state index in [0.29, 0.717) is 12.5 Å². The van der Waals surface area contributed by atoms with Crippen LogP contribution in [-0.4, -0.2) is 23.5 Å². The number of amides is 1. The lowest BCUT2D eigenvalue weighted by molar-refractivity contribution is -0.121. The number of carbonyl (C=O) groups is 1. The Balaban J connectivity index is 1.52. The van der Waals surface area contributed by atoms with Gasteiger partial charge in [-0.25, -0.2) is 0 Å². The second kappa shape index (κ2) is 6.50. The van der Waals surface area contributed by atoms with Crippen molar-refractivity contribution in [3.8, 4) is 0 Å². The first-order valence-electron chi connectivity index (χ1n) is 6.65. The molecule has 0 aromatic carbocycles. The first kappa shape index (κ1) is 13.0. The Hall–Kier alpha value is -1.42. The maximum Gasteiger partial charge on any atom is 0.220 e. The van der Waals surface area contributed by atoms with Gasteiger partial charge in [0.2, 0.25) is 5.91 Å². The van der Waals surface area contributed by atoms with E-state index in [-0.39, 0.29) is 5.91 Å². The average molecular weight is 247 g/mol. The topological polar surface area (TPSA) is 54.0 Å². The summed E-state index contributed by atoms with van der Waals surface area (Å²) in [6, 6.07) is 4.57. The van der Waals surface area contributed by atoms with Gasteiger partial charge in [0.05, 0.1) is 5.69 Å². The van der Waals surface area contributed by atoms with E-state index in [2.05, 4.69) is 21.7 Å². The Morgan fingerprint density at radius 1 is 1.44 bits per heavy atom. The fourth-order valence-corrected chi connectivity index (χ4v) is 1.72. The van der Waals surface area contributed by atoms with Crippen molar-refractivity contribution in [2.24, 2.45) is 0 Å². The van der Waals surface area contributed by atoms with Crippen molar-refractivity contribution in [2.45, 2.75) is 45.2 Å². The summed E-state index contributed by atoms with van der Waals surface area (Å²) in [6.45, 7) is 3.65. The van der Waals surface area contributed by atoms with Gasteiger partial charge in [-0.3, -0.25) is 9.78 Å². The maximum absolute atomic E-state index is 11.4. The third-order valence-electron chi connectivity index (χ3n) is 2.98. The molecule has 2 N–H and O–H groups in total. The minimum atomic E-state index is 0.188. The SMILES string of the molecule is Cc1ccc(CNCCCC(=O)NC2CC2)nc1. The Morgan fingerprint density at radius 3 is 2.94 bits per heavy atom. The van der Waals surface area contributed by atoms with Gasteiger partial charge in [-0.05, 0) is 44.4 Å². The molecule has 0 spiro atoms. The first-order chi connectivity index (χ1) is 8.74. The summed E-state index contributed by atoms with van der Waals surface area (Å²) in [5, 5.41) is 6.29. The van der Waals surface area contributed by atoms with Gasteiger partial charge in [-0.15, -0.1) is 0 Å². The molecule has 4 nitrogen and oxygen atoms in total. The number of nitrogens with one attached hydrogen (secondary N) is 2. The van der Waals surface area contributed by atoms with Gasteiger partial charge < -0.3 is 10.6 Å². The first-order valence-corrected chi connectivity index (χ1v) is 6.65. The fraction of sp³-hybridized carbons (Fsp3) is 0.571. The van der Waals surface area contributed by atoms with E-state index in [4.69, 9.17) is 0 Å². The molecule has 18 heavy (non-hydrogen) atoms. The van der Waals surface area contributed by atoms with E-state index < -0.39 is 0 Å². The van der Waals surface area contributed by atoms with Crippen LogP contribution in [0.2, 0.25) is 0 Å². The molecule has 1 aromatic rings. The molecule has 1 aromatic heterocycles. The molecule has 0 aliphatic heterocycles. The maximum atomic E-state index is 11.4. The molecule has 0 unspecified atom stereocenters. The molecule has 98 valence electrons. The predicted molar refractivity (Wildman–Crippen MR) is 71.1 cm³/mol. The summed E-state index contributed by atoms with van der Waals surface area (Å²) in [7, 11) is 0. The zero-order valence-corrected chi connectivity index (χ0v) is 10.9. The van der Waals surface area contributed by atoms with Crippen molar-refractivity contribution < 1.29 is 4.79 Å². The molecular weight excluding hydrogens is 226 g/mol. The van der Waals surface area contributed by atoms with E-state index in [0.717, 1.165) is 38.0 Å². The van der Waals surface area contributed by atoms with Gasteiger partial charge in [0.15, 0.2) is 0 Å². The smallest absolute Gasteiger partial charge is 0.220 e. The van der Waals surface area contributed by atoms with E-state index in [1.54, 1.807) is 0 Å². The number of pyridine rings is 1. The van der Waals surface area contributed by atoms with E-state index >= 15 is 0 Å². The lowest BCUT2D eigenvalue weighted by Crippen LogP contribution is -2.26. The van der Waals surface area contributed by atoms with Crippen LogP contribution >= 0.6 is 0 Å². The van der Waals surface area contributed by atoms with E-state index in [1.807, 2.05) is 19.2 Å². The highest BCUT2D eigenvalue weighted by atomic mass is 16.1. The van der Waals surface area contributed by atoms with Crippen molar-refractivity contribution in [1.82, 2.24) is 15.6 Å². The average Bonchev–Trinajstić information content (AvgIpc) is 3.15. The van der Waals surface area contributed by atoms with Gasteiger partial charge in [-0.2, -0.15) is 0 Å². The largest absolute Gasteiger partial charge is 0.353 e. The van der Waals surface area contributed by atoms with Gasteiger partial charge >= 0.3 is 0 Å². The molecule has 0 saturated heterocycles. The monoisotopic (exact) mass is 247 g/mol. The van der Waals surface area contributed by atoms with Crippen LogP contribution in [0.4, 0.5) is 0 Å². The predicted octanol–water partition coefficient (Wildman–Crippen LogP) is 1.54. The number of aryl methyl sites for hydroxylation is 1. The number of hydrogen-bond acceptors (Lipinski definition) is 3. The normalized spacial score (nSPS) is 14.5. The van der Waals surface area contributed by atoms with E-state index in [9.17, 15) is 4.79 Å². The van der Waals surface area contributed by atoms with Crippen molar-refractivity contribution in [3.05, 3.63) is 29.6 Å². The van der Waals surface area contributed by atoms with Crippen molar-refractivity contribution in [1.29, 1.82) is 0 Å². The molecule has 1 fully saturated rings. The van der Waals surface area contributed by atoms with Gasteiger partial charge in [0.1, 0.15) is 0 Å². The van der Waals surface area contributed by atoms with Crippen molar-refractivity contribution in [2.75, 3.05) is 6.54 Å². The minimum absolute atomic E-state index is 0.188. The van der Waals surface area contributed by atoms with Crippen LogP contribution in [0, 0.1) is 6.92 Å². The molecule has 0 radical (unpaired) electrons. The minimum Gasteiger partial charge on any atom is -0.353 e. The van der Waals surface area contributed by atoms with Crippen LogP contribution in [-0.2, 0) is 11.3 Å². The molecule has 1 heterocycles. The molecule has 1 saturated carbocycles. The number of aromatic nitrogens is 1. The Morgan fingerprint density at radius 2 is 2.28 bits per heavy atom. The lowest BCUT2D eigenvalue weighted by Gasteiger charge is -2.05. The van der Waals surface area contributed by atoms with Gasteiger partial charge in [0, 0.05) is 25.2 Å². The van der Waals surface area contributed by atoms with Crippen LogP contribution < -0.4 is 10.6 Å². The molecule has 0 bridgehead atoms.